The molecular formula is C54H68ClN8O10PS. The number of allylic oxidation sites excluding steroid dienone is 1. The van der Waals surface area contributed by atoms with Gasteiger partial charge in [0.2, 0.25) is 5.88 Å². The summed E-state index contributed by atoms with van der Waals surface area (Å²) in [5.41, 5.74) is 5.89. The fourth-order valence-corrected chi connectivity index (χ4v) is 14.0. The number of sulfonamides is 1. The first kappa shape index (κ1) is 54.0. The number of rotatable bonds is 15. The molecule has 0 spiro atoms. The Morgan fingerprint density at radius 2 is 1.75 bits per heavy atom. The molecule has 18 nitrogen and oxygen atoms in total. The fraction of sp³-hybridized carbons (Fsp3) is 0.463. The van der Waals surface area contributed by atoms with Crippen molar-refractivity contribution in [3.8, 4) is 5.88 Å². The Balaban J connectivity index is 0.917. The van der Waals surface area contributed by atoms with E-state index in [1.54, 1.807) is 33.0 Å². The van der Waals surface area contributed by atoms with Gasteiger partial charge in [-0.05, 0) is 84.7 Å². The number of aromatic amines is 1. The summed E-state index contributed by atoms with van der Waals surface area (Å²) in [6.07, 6.45) is 7.46. The van der Waals surface area contributed by atoms with Gasteiger partial charge in [-0.25, -0.2) is 0 Å². The van der Waals surface area contributed by atoms with Crippen molar-refractivity contribution in [2.75, 3.05) is 86.7 Å². The van der Waals surface area contributed by atoms with Crippen LogP contribution >= 0.6 is 19.3 Å². The van der Waals surface area contributed by atoms with Gasteiger partial charge in [0.05, 0.1) is 17.9 Å². The van der Waals surface area contributed by atoms with E-state index in [2.05, 4.69) is 50.8 Å². The number of nitrogens with one attached hydrogen (secondary N) is 3. The van der Waals surface area contributed by atoms with Crippen LogP contribution in [0.25, 0.3) is 16.6 Å². The van der Waals surface area contributed by atoms with Crippen LogP contribution in [-0.4, -0.2) is 117 Å². The molecule has 0 bridgehead atoms. The monoisotopic (exact) mass is 1090 g/mol. The number of anilines is 4. The molecule has 1 aliphatic carbocycles. The molecule has 0 atom stereocenters. The third-order valence-electron chi connectivity index (χ3n) is 14.9. The van der Waals surface area contributed by atoms with Crippen LogP contribution in [0.15, 0.2) is 89.5 Å². The summed E-state index contributed by atoms with van der Waals surface area (Å²) in [7, 11) is -7.77. The Hall–Kier alpha value is -5.82. The van der Waals surface area contributed by atoms with Crippen LogP contribution in [-0.2, 0) is 24.1 Å². The molecule has 4 aliphatic rings. The molecule has 0 saturated carbocycles. The molecule has 9 rings (SSSR count). The predicted octanol–water partition coefficient (Wildman–Crippen LogP) is 9.91. The zero-order valence-corrected chi connectivity index (χ0v) is 45.8. The van der Waals surface area contributed by atoms with Crippen molar-refractivity contribution in [1.82, 2.24) is 19.6 Å². The second kappa shape index (κ2) is 22.0. The molecule has 2 saturated heterocycles. The first-order chi connectivity index (χ1) is 35.6. The summed E-state index contributed by atoms with van der Waals surface area (Å²) in [6.45, 7) is 14.6. The largest absolute Gasteiger partial charge is 0.476 e. The second-order valence-corrected chi connectivity index (χ2v) is 27.4. The Kier molecular flexibility index (Phi) is 15.9. The summed E-state index contributed by atoms with van der Waals surface area (Å²) in [5.74, 6) is -0.936. The average molecular weight is 1090 g/mol. The molecule has 2 fully saturated rings. The number of halogens is 1. The van der Waals surface area contributed by atoms with Gasteiger partial charge in [-0.1, -0.05) is 43.2 Å². The summed E-state index contributed by atoms with van der Waals surface area (Å²) in [6, 6.07) is 20.9. The van der Waals surface area contributed by atoms with Crippen molar-refractivity contribution in [3.63, 3.8) is 0 Å². The number of aromatic nitrogens is 2. The molecule has 402 valence electrons. The number of nitrogens with zero attached hydrogens (tertiary/aromatic N) is 5. The third-order valence-corrected chi connectivity index (χ3v) is 19.3. The van der Waals surface area contributed by atoms with E-state index < -0.39 is 50.5 Å². The number of esters is 1. The SMILES string of the molecule is CC1(C)CCC(CN2CCN(c3ccc(C(=O)NS(=O)(=O)c4ccc(NCC5CC[PH](O)(OCOC(=O)C(C)(C)C)CC5)c([N+](=O)[O-])c4)c(N4CCCOc5nc6[nH]ccc6cc54)c3)CC2)=C(c2ccc(Cl)cc2)C1. The van der Waals surface area contributed by atoms with Gasteiger partial charge in [-0.2, -0.15) is 4.98 Å². The molecule has 3 aromatic carbocycles. The second-order valence-electron chi connectivity index (χ2n) is 22.1. The van der Waals surface area contributed by atoms with Gasteiger partial charge >= 0.3 is 187 Å². The average Bonchev–Trinajstić information content (AvgIpc) is 3.74. The summed E-state index contributed by atoms with van der Waals surface area (Å²) >= 11 is 6.28. The van der Waals surface area contributed by atoms with Crippen molar-refractivity contribution in [2.45, 2.75) is 78.0 Å². The van der Waals surface area contributed by atoms with Crippen LogP contribution in [0.5, 0.6) is 5.88 Å². The van der Waals surface area contributed by atoms with E-state index in [4.69, 9.17) is 30.6 Å². The topological polar surface area (TPSA) is 222 Å². The van der Waals surface area contributed by atoms with Crippen LogP contribution < -0.4 is 24.6 Å². The zero-order chi connectivity index (χ0) is 53.3. The number of pyridine rings is 1. The number of nitro groups is 1. The molecule has 1 amide bonds. The Morgan fingerprint density at radius 3 is 2.47 bits per heavy atom. The van der Waals surface area contributed by atoms with Gasteiger partial charge in [-0.3, -0.25) is 9.69 Å². The number of carbonyl (C=O) groups excluding carboxylic acids is 2. The first-order valence-corrected chi connectivity index (χ1v) is 29.9. The van der Waals surface area contributed by atoms with E-state index in [1.165, 1.54) is 28.8 Å². The molecule has 5 heterocycles. The van der Waals surface area contributed by atoms with Crippen molar-refractivity contribution >= 4 is 86.3 Å². The maximum Gasteiger partial charge on any atom is 0.239 e. The number of hydrogen-bond donors (Lipinski definition) is 4. The minimum atomic E-state index is -4.65. The Bertz CT molecular complexity index is 3090. The van der Waals surface area contributed by atoms with Gasteiger partial charge in [0.1, 0.15) is 11.3 Å². The van der Waals surface area contributed by atoms with E-state index >= 15 is 0 Å². The van der Waals surface area contributed by atoms with Crippen molar-refractivity contribution in [1.29, 1.82) is 0 Å². The molecule has 0 unspecified atom stereocenters. The van der Waals surface area contributed by atoms with Gasteiger partial charge in [-0.15, -0.1) is 0 Å². The summed E-state index contributed by atoms with van der Waals surface area (Å²) in [4.78, 5) is 63.7. The van der Waals surface area contributed by atoms with Crippen LogP contribution in [0.1, 0.15) is 89.1 Å². The predicted molar refractivity (Wildman–Crippen MR) is 295 cm³/mol. The molecule has 21 heteroatoms. The van der Waals surface area contributed by atoms with Crippen molar-refractivity contribution in [3.05, 3.63) is 111 Å². The number of fused-ring (bicyclic) bond motifs is 2. The van der Waals surface area contributed by atoms with Crippen LogP contribution in [0, 0.1) is 26.9 Å². The van der Waals surface area contributed by atoms with Crippen LogP contribution in [0.4, 0.5) is 28.4 Å². The van der Waals surface area contributed by atoms with E-state index in [0.717, 1.165) is 74.1 Å². The van der Waals surface area contributed by atoms with Gasteiger partial charge in [0.15, 0.2) is 0 Å². The zero-order valence-electron chi connectivity index (χ0n) is 43.2. The van der Waals surface area contributed by atoms with E-state index in [0.29, 0.717) is 74.2 Å². The number of ether oxygens (including phenoxy) is 2. The summed E-state index contributed by atoms with van der Waals surface area (Å²) < 4.78 is 47.5. The molecule has 75 heavy (non-hydrogen) atoms. The van der Waals surface area contributed by atoms with E-state index in [-0.39, 0.29) is 29.4 Å². The standard InChI is InChI=1S/C54H68ClN8O10PS/c1-53(2,3)52(65)72-35-73-74(68)27-17-36(18-28-74)33-57-45-14-12-42(31-47(45)63(66)67)75(69,70)59-50(64)43-13-11-41(30-46(43)62-21-6-26-71-51-48(62)29-38-16-20-56-49(38)58-51)61-24-22-60(23-25-61)34-39-15-19-54(4,5)32-44(39)37-7-9-40(55)10-8-37/h7-14,16,20,29-31,36,57,68,74H,6,15,17-19,21-28,32-35H2,1-5H3,(H,56,58)(H,59,64). The van der Waals surface area contributed by atoms with Crippen molar-refractivity contribution in [2.24, 2.45) is 16.7 Å². The Labute approximate surface area is 443 Å². The number of hydrogen-bond acceptors (Lipinski definition) is 15. The Morgan fingerprint density at radius 1 is 1.00 bits per heavy atom. The minimum Gasteiger partial charge on any atom is -0.476 e. The molecule has 4 N–H and O–H groups in total. The maximum absolute atomic E-state index is 14.5. The van der Waals surface area contributed by atoms with Gasteiger partial charge in [0.25, 0.3) is 0 Å². The van der Waals surface area contributed by atoms with E-state index in [1.807, 2.05) is 41.3 Å². The molecule has 0 radical (unpaired) electrons. The van der Waals surface area contributed by atoms with Crippen LogP contribution in [0.3, 0.4) is 0 Å². The molecule has 5 aromatic rings. The smallest absolute Gasteiger partial charge is 0.239 e. The number of carbonyl (C=O) groups is 2. The number of piperazine rings is 1. The van der Waals surface area contributed by atoms with Crippen molar-refractivity contribution < 1.29 is 41.8 Å². The fourth-order valence-electron chi connectivity index (χ4n) is 10.4. The summed E-state index contributed by atoms with van der Waals surface area (Å²) in [5, 5.41) is 17.1. The van der Waals surface area contributed by atoms with Crippen LogP contribution in [0.2, 0.25) is 5.02 Å². The van der Waals surface area contributed by atoms with E-state index in [9.17, 15) is 33.0 Å². The number of H-pyrrole nitrogens is 1. The van der Waals surface area contributed by atoms with Gasteiger partial charge in [0, 0.05) is 61.6 Å². The quantitative estimate of drug-likeness (QED) is 0.0252. The maximum atomic E-state index is 14.5. The number of nitro benzene ring substituents is 1. The first-order valence-electron chi connectivity index (χ1n) is 25.7. The minimum absolute atomic E-state index is 0.0329. The molecule has 2 aromatic heterocycles. The molecular weight excluding hydrogens is 1020 g/mol. The third kappa shape index (κ3) is 12.7. The van der Waals surface area contributed by atoms with Gasteiger partial charge < -0.3 is 19.5 Å². The number of amides is 1. The molecule has 3 aliphatic heterocycles. The normalized spacial score (nSPS) is 19.6. The number of benzene rings is 3.